The van der Waals surface area contributed by atoms with Gasteiger partial charge in [-0.1, -0.05) is 0 Å². The maximum absolute atomic E-state index is 12.2. The number of alkyl halides is 5. The molecule has 0 spiro atoms. The standard InChI is InChI=1S/C6H8F5O/c1-3-12-4(2)5(7,8)6(9,10)11/h4H,1,3H2,2H3. The molecule has 0 aliphatic carbocycles. The second-order valence-electron chi connectivity index (χ2n) is 2.13. The maximum atomic E-state index is 12.2. The molecule has 0 aromatic heterocycles. The largest absolute Gasteiger partial charge is 0.456 e. The Balaban J connectivity index is 4.38. The molecule has 0 aliphatic heterocycles. The molecule has 1 unspecified atom stereocenters. The van der Waals surface area contributed by atoms with E-state index < -0.39 is 24.8 Å². The van der Waals surface area contributed by atoms with Gasteiger partial charge in [0.2, 0.25) is 0 Å². The van der Waals surface area contributed by atoms with Crippen LogP contribution in [-0.4, -0.2) is 24.8 Å². The van der Waals surface area contributed by atoms with Crippen molar-refractivity contribution in [3.05, 3.63) is 6.92 Å². The summed E-state index contributed by atoms with van der Waals surface area (Å²) in [6.45, 7) is 3.23. The van der Waals surface area contributed by atoms with Crippen molar-refractivity contribution in [1.82, 2.24) is 0 Å². The highest BCUT2D eigenvalue weighted by molar-refractivity contribution is 4.82. The molecule has 0 aliphatic rings. The molecule has 1 radical (unpaired) electrons. The molecule has 0 amide bonds. The van der Waals surface area contributed by atoms with Gasteiger partial charge in [-0.05, 0) is 13.8 Å². The van der Waals surface area contributed by atoms with Crippen LogP contribution in [0.15, 0.2) is 0 Å². The Labute approximate surface area is 66.5 Å². The average molecular weight is 191 g/mol. The Bertz CT molecular complexity index is 141. The van der Waals surface area contributed by atoms with E-state index in [4.69, 9.17) is 0 Å². The first-order valence-electron chi connectivity index (χ1n) is 3.09. The number of halogens is 5. The van der Waals surface area contributed by atoms with Crippen molar-refractivity contribution >= 4 is 0 Å². The molecule has 0 heterocycles. The third kappa shape index (κ3) is 2.30. The molecule has 0 N–H and O–H groups in total. The lowest BCUT2D eigenvalue weighted by atomic mass is 10.2. The second-order valence-corrected chi connectivity index (χ2v) is 2.13. The van der Waals surface area contributed by atoms with Crippen LogP contribution < -0.4 is 0 Å². The molecule has 0 rings (SSSR count). The van der Waals surface area contributed by atoms with E-state index in [-0.39, 0.29) is 0 Å². The molecule has 0 saturated carbocycles. The van der Waals surface area contributed by atoms with Crippen LogP contribution in [0.4, 0.5) is 22.0 Å². The molecular formula is C6H8F5O. The summed E-state index contributed by atoms with van der Waals surface area (Å²) in [4.78, 5) is 0. The van der Waals surface area contributed by atoms with Gasteiger partial charge in [-0.3, -0.25) is 0 Å². The lowest BCUT2D eigenvalue weighted by Gasteiger charge is -2.25. The number of hydrogen-bond donors (Lipinski definition) is 0. The summed E-state index contributed by atoms with van der Waals surface area (Å²) in [5.41, 5.74) is 0. The second kappa shape index (κ2) is 3.55. The molecular weight excluding hydrogens is 183 g/mol. The van der Waals surface area contributed by atoms with E-state index in [1.807, 2.05) is 0 Å². The van der Waals surface area contributed by atoms with Gasteiger partial charge in [0.05, 0.1) is 0 Å². The molecule has 0 bridgehead atoms. The number of ether oxygens (including phenoxy) is 1. The molecule has 12 heavy (non-hydrogen) atoms. The van der Waals surface area contributed by atoms with Crippen LogP contribution in [0.2, 0.25) is 0 Å². The highest BCUT2D eigenvalue weighted by atomic mass is 19.4. The Morgan fingerprint density at radius 1 is 1.25 bits per heavy atom. The molecule has 1 atom stereocenters. The summed E-state index contributed by atoms with van der Waals surface area (Å²) in [5, 5.41) is 0. The van der Waals surface area contributed by atoms with E-state index in [1.165, 1.54) is 0 Å². The monoisotopic (exact) mass is 191 g/mol. The third-order valence-electron chi connectivity index (χ3n) is 1.26. The van der Waals surface area contributed by atoms with Crippen molar-refractivity contribution in [2.24, 2.45) is 0 Å². The zero-order valence-corrected chi connectivity index (χ0v) is 6.29. The zero-order valence-electron chi connectivity index (χ0n) is 6.29. The highest BCUT2D eigenvalue weighted by Crippen LogP contribution is 2.38. The summed E-state index contributed by atoms with van der Waals surface area (Å²) in [5.74, 6) is -4.81. The van der Waals surface area contributed by atoms with Crippen LogP contribution in [0.25, 0.3) is 0 Å². The van der Waals surface area contributed by atoms with Crippen LogP contribution in [0.3, 0.4) is 0 Å². The smallest absolute Gasteiger partial charge is 0.372 e. The predicted molar refractivity (Wildman–Crippen MR) is 31.8 cm³/mol. The Morgan fingerprint density at radius 3 is 1.92 bits per heavy atom. The van der Waals surface area contributed by atoms with Gasteiger partial charge in [0, 0.05) is 6.61 Å². The van der Waals surface area contributed by atoms with E-state index in [1.54, 1.807) is 0 Å². The predicted octanol–water partition coefficient (Wildman–Crippen LogP) is 2.42. The van der Waals surface area contributed by atoms with Gasteiger partial charge in [-0.25, -0.2) is 0 Å². The molecule has 0 aromatic carbocycles. The first-order chi connectivity index (χ1) is 5.23. The Kier molecular flexibility index (Phi) is 3.44. The van der Waals surface area contributed by atoms with Crippen molar-refractivity contribution in [2.75, 3.05) is 6.61 Å². The summed E-state index contributed by atoms with van der Waals surface area (Å²) in [6.07, 6.45) is -7.77. The van der Waals surface area contributed by atoms with Crippen LogP contribution in [-0.2, 0) is 4.74 Å². The van der Waals surface area contributed by atoms with E-state index >= 15 is 0 Å². The summed E-state index contributed by atoms with van der Waals surface area (Å²) >= 11 is 0. The SMILES string of the molecule is [CH2]COC(C)C(F)(F)C(F)(F)F. The van der Waals surface area contributed by atoms with Gasteiger partial charge in [0.25, 0.3) is 0 Å². The van der Waals surface area contributed by atoms with E-state index in [9.17, 15) is 22.0 Å². The van der Waals surface area contributed by atoms with Crippen molar-refractivity contribution in [2.45, 2.75) is 25.1 Å². The van der Waals surface area contributed by atoms with Crippen LogP contribution >= 0.6 is 0 Å². The normalized spacial score (nSPS) is 16.2. The van der Waals surface area contributed by atoms with Gasteiger partial charge >= 0.3 is 12.1 Å². The minimum atomic E-state index is -5.57. The van der Waals surface area contributed by atoms with Gasteiger partial charge < -0.3 is 4.74 Å². The van der Waals surface area contributed by atoms with Crippen LogP contribution in [0, 0.1) is 6.92 Å². The van der Waals surface area contributed by atoms with E-state index in [2.05, 4.69) is 11.7 Å². The van der Waals surface area contributed by atoms with Crippen LogP contribution in [0.1, 0.15) is 6.92 Å². The van der Waals surface area contributed by atoms with Crippen molar-refractivity contribution < 1.29 is 26.7 Å². The number of hydrogen-bond acceptors (Lipinski definition) is 1. The Hall–Kier alpha value is -0.390. The minimum absolute atomic E-state index is 0.424. The molecule has 73 valence electrons. The lowest BCUT2D eigenvalue weighted by molar-refractivity contribution is -0.314. The summed E-state index contributed by atoms with van der Waals surface area (Å²) in [7, 11) is 0. The van der Waals surface area contributed by atoms with Crippen molar-refractivity contribution in [3.8, 4) is 0 Å². The third-order valence-corrected chi connectivity index (χ3v) is 1.26. The minimum Gasteiger partial charge on any atom is -0.372 e. The van der Waals surface area contributed by atoms with Gasteiger partial charge in [0.1, 0.15) is 6.10 Å². The van der Waals surface area contributed by atoms with E-state index in [0.717, 1.165) is 0 Å². The number of rotatable bonds is 3. The first-order valence-corrected chi connectivity index (χ1v) is 3.09. The van der Waals surface area contributed by atoms with Gasteiger partial charge in [-0.15, -0.1) is 0 Å². The molecule has 1 nitrogen and oxygen atoms in total. The summed E-state index contributed by atoms with van der Waals surface area (Å²) < 4.78 is 63.2. The van der Waals surface area contributed by atoms with Gasteiger partial charge in [-0.2, -0.15) is 22.0 Å². The van der Waals surface area contributed by atoms with E-state index in [0.29, 0.717) is 6.92 Å². The molecule has 0 fully saturated rings. The van der Waals surface area contributed by atoms with Crippen molar-refractivity contribution in [1.29, 1.82) is 0 Å². The highest BCUT2D eigenvalue weighted by Gasteiger charge is 2.61. The fourth-order valence-electron chi connectivity index (χ4n) is 0.512. The lowest BCUT2D eigenvalue weighted by Crippen LogP contribution is -2.46. The zero-order chi connectivity index (χ0) is 9.99. The summed E-state index contributed by atoms with van der Waals surface area (Å²) in [6, 6.07) is 0. The maximum Gasteiger partial charge on any atom is 0.456 e. The topological polar surface area (TPSA) is 9.23 Å². The van der Waals surface area contributed by atoms with Crippen LogP contribution in [0.5, 0.6) is 0 Å². The molecule has 0 aromatic rings. The quantitative estimate of drug-likeness (QED) is 0.622. The Morgan fingerprint density at radius 2 is 1.67 bits per heavy atom. The van der Waals surface area contributed by atoms with Gasteiger partial charge in [0.15, 0.2) is 0 Å². The fraction of sp³-hybridized carbons (Fsp3) is 0.833. The first kappa shape index (κ1) is 11.6. The molecule has 6 heteroatoms. The van der Waals surface area contributed by atoms with Crippen molar-refractivity contribution in [3.63, 3.8) is 0 Å². The molecule has 0 saturated heterocycles. The average Bonchev–Trinajstić information content (AvgIpc) is 1.85. The fourth-order valence-corrected chi connectivity index (χ4v) is 0.512.